The van der Waals surface area contributed by atoms with E-state index in [-0.39, 0.29) is 5.41 Å². The van der Waals surface area contributed by atoms with Crippen LogP contribution < -0.4 is 11.1 Å². The Balaban J connectivity index is 2.42. The molecule has 0 aliphatic carbocycles. The SMILES string of the molecule is CCC(CC)(CN)CNCc1sccc1Br. The first-order valence-corrected chi connectivity index (χ1v) is 7.47. The first-order valence-electron chi connectivity index (χ1n) is 5.80. The van der Waals surface area contributed by atoms with E-state index in [2.05, 4.69) is 46.5 Å². The van der Waals surface area contributed by atoms with Crippen LogP contribution in [0.25, 0.3) is 0 Å². The van der Waals surface area contributed by atoms with Crippen LogP contribution in [0.4, 0.5) is 0 Å². The van der Waals surface area contributed by atoms with Gasteiger partial charge in [0.2, 0.25) is 0 Å². The van der Waals surface area contributed by atoms with Gasteiger partial charge in [-0.05, 0) is 52.2 Å². The molecule has 0 saturated heterocycles. The molecular weight excluding hydrogens is 284 g/mol. The van der Waals surface area contributed by atoms with Gasteiger partial charge in [-0.2, -0.15) is 0 Å². The molecule has 0 spiro atoms. The highest BCUT2D eigenvalue weighted by Crippen LogP contribution is 2.25. The predicted octanol–water partition coefficient (Wildman–Crippen LogP) is 3.37. The summed E-state index contributed by atoms with van der Waals surface area (Å²) in [7, 11) is 0. The maximum absolute atomic E-state index is 5.87. The van der Waals surface area contributed by atoms with Crippen LogP contribution >= 0.6 is 27.3 Å². The van der Waals surface area contributed by atoms with E-state index in [0.717, 1.165) is 32.5 Å². The van der Waals surface area contributed by atoms with Crippen molar-refractivity contribution in [1.82, 2.24) is 5.32 Å². The van der Waals surface area contributed by atoms with Crippen molar-refractivity contribution in [2.75, 3.05) is 13.1 Å². The summed E-state index contributed by atoms with van der Waals surface area (Å²) < 4.78 is 1.20. The summed E-state index contributed by atoms with van der Waals surface area (Å²) >= 11 is 5.33. The summed E-state index contributed by atoms with van der Waals surface area (Å²) in [4.78, 5) is 1.36. The van der Waals surface area contributed by atoms with Crippen LogP contribution in [0.15, 0.2) is 15.9 Å². The average Bonchev–Trinajstić information content (AvgIpc) is 2.71. The van der Waals surface area contributed by atoms with E-state index in [1.54, 1.807) is 11.3 Å². The minimum atomic E-state index is 0.268. The molecule has 92 valence electrons. The van der Waals surface area contributed by atoms with E-state index in [0.29, 0.717) is 0 Å². The normalized spacial score (nSPS) is 12.0. The third-order valence-electron chi connectivity index (χ3n) is 3.41. The fourth-order valence-corrected chi connectivity index (χ4v) is 3.22. The van der Waals surface area contributed by atoms with Crippen molar-refractivity contribution in [3.8, 4) is 0 Å². The fraction of sp³-hybridized carbons (Fsp3) is 0.667. The third kappa shape index (κ3) is 3.55. The zero-order chi connectivity index (χ0) is 12.0. The molecule has 0 aromatic carbocycles. The molecule has 0 aliphatic heterocycles. The largest absolute Gasteiger partial charge is 0.330 e. The number of hydrogen-bond acceptors (Lipinski definition) is 3. The summed E-state index contributed by atoms with van der Waals surface area (Å²) in [6.45, 7) is 7.14. The van der Waals surface area contributed by atoms with Crippen molar-refractivity contribution in [1.29, 1.82) is 0 Å². The smallest absolute Gasteiger partial charge is 0.0327 e. The molecule has 1 rings (SSSR count). The predicted molar refractivity (Wildman–Crippen MR) is 75.8 cm³/mol. The first-order chi connectivity index (χ1) is 7.67. The van der Waals surface area contributed by atoms with Crippen molar-refractivity contribution >= 4 is 27.3 Å². The summed E-state index contributed by atoms with van der Waals surface area (Å²) in [6, 6.07) is 2.09. The molecule has 0 unspecified atom stereocenters. The van der Waals surface area contributed by atoms with Crippen molar-refractivity contribution < 1.29 is 0 Å². The van der Waals surface area contributed by atoms with E-state index < -0.39 is 0 Å². The molecule has 1 aromatic rings. The zero-order valence-corrected chi connectivity index (χ0v) is 12.5. The Morgan fingerprint density at radius 1 is 1.44 bits per heavy atom. The van der Waals surface area contributed by atoms with Gasteiger partial charge in [0.25, 0.3) is 0 Å². The van der Waals surface area contributed by atoms with Gasteiger partial charge in [0, 0.05) is 22.4 Å². The molecule has 3 N–H and O–H groups in total. The van der Waals surface area contributed by atoms with E-state index >= 15 is 0 Å². The summed E-state index contributed by atoms with van der Waals surface area (Å²) in [5.74, 6) is 0. The molecular formula is C12H21BrN2S. The number of nitrogens with one attached hydrogen (secondary N) is 1. The average molecular weight is 305 g/mol. The maximum atomic E-state index is 5.87. The van der Waals surface area contributed by atoms with Crippen LogP contribution in [0.1, 0.15) is 31.6 Å². The lowest BCUT2D eigenvalue weighted by Crippen LogP contribution is -2.39. The molecule has 0 atom stereocenters. The topological polar surface area (TPSA) is 38.0 Å². The second kappa shape index (κ2) is 6.74. The fourth-order valence-electron chi connectivity index (χ4n) is 1.75. The lowest BCUT2D eigenvalue weighted by molar-refractivity contribution is 0.259. The molecule has 0 bridgehead atoms. The van der Waals surface area contributed by atoms with Gasteiger partial charge in [-0.25, -0.2) is 0 Å². The third-order valence-corrected chi connectivity index (χ3v) is 5.34. The Kier molecular flexibility index (Phi) is 5.97. The van der Waals surface area contributed by atoms with Gasteiger partial charge in [-0.3, -0.25) is 0 Å². The minimum Gasteiger partial charge on any atom is -0.330 e. The maximum Gasteiger partial charge on any atom is 0.0327 e. The van der Waals surface area contributed by atoms with Gasteiger partial charge in [-0.1, -0.05) is 13.8 Å². The Morgan fingerprint density at radius 2 is 2.12 bits per heavy atom. The molecule has 1 aromatic heterocycles. The standard InChI is InChI=1S/C12H21BrN2S/c1-3-12(4-2,8-14)9-15-7-11-10(13)5-6-16-11/h5-6,15H,3-4,7-9,14H2,1-2H3. The zero-order valence-electron chi connectivity index (χ0n) is 10.1. The van der Waals surface area contributed by atoms with Gasteiger partial charge in [0.1, 0.15) is 0 Å². The van der Waals surface area contributed by atoms with E-state index in [4.69, 9.17) is 5.73 Å². The highest BCUT2D eigenvalue weighted by Gasteiger charge is 2.23. The molecule has 0 fully saturated rings. The highest BCUT2D eigenvalue weighted by molar-refractivity contribution is 9.10. The van der Waals surface area contributed by atoms with Crippen molar-refractivity contribution in [3.05, 3.63) is 20.8 Å². The molecule has 0 amide bonds. The molecule has 0 aliphatic rings. The Labute approximate surface area is 111 Å². The molecule has 4 heteroatoms. The van der Waals surface area contributed by atoms with E-state index in [9.17, 15) is 0 Å². The Morgan fingerprint density at radius 3 is 2.56 bits per heavy atom. The summed E-state index contributed by atoms with van der Waals surface area (Å²) in [5, 5.41) is 5.63. The highest BCUT2D eigenvalue weighted by atomic mass is 79.9. The van der Waals surface area contributed by atoms with Gasteiger partial charge < -0.3 is 11.1 Å². The lowest BCUT2D eigenvalue weighted by atomic mass is 9.82. The van der Waals surface area contributed by atoms with Crippen molar-refractivity contribution in [2.45, 2.75) is 33.2 Å². The number of hydrogen-bond donors (Lipinski definition) is 2. The number of thiophene rings is 1. The summed E-state index contributed by atoms with van der Waals surface area (Å²) in [5.41, 5.74) is 6.14. The first kappa shape index (κ1) is 14.2. The number of rotatable bonds is 7. The van der Waals surface area contributed by atoms with Gasteiger partial charge in [-0.15, -0.1) is 11.3 Å². The molecule has 0 radical (unpaired) electrons. The van der Waals surface area contributed by atoms with Crippen LogP contribution in [-0.4, -0.2) is 13.1 Å². The van der Waals surface area contributed by atoms with E-state index in [1.807, 2.05) is 0 Å². The number of halogens is 1. The van der Waals surface area contributed by atoms with Crippen molar-refractivity contribution in [3.63, 3.8) is 0 Å². The molecule has 1 heterocycles. The van der Waals surface area contributed by atoms with Crippen LogP contribution in [0.3, 0.4) is 0 Å². The Hall–Kier alpha value is 0.100. The lowest BCUT2D eigenvalue weighted by Gasteiger charge is -2.30. The minimum absolute atomic E-state index is 0.268. The van der Waals surface area contributed by atoms with Crippen LogP contribution in [0.5, 0.6) is 0 Å². The monoisotopic (exact) mass is 304 g/mol. The van der Waals surface area contributed by atoms with Crippen molar-refractivity contribution in [2.24, 2.45) is 11.1 Å². The molecule has 16 heavy (non-hydrogen) atoms. The quantitative estimate of drug-likeness (QED) is 0.810. The van der Waals surface area contributed by atoms with E-state index in [1.165, 1.54) is 9.35 Å². The molecule has 0 saturated carbocycles. The van der Waals surface area contributed by atoms with Gasteiger partial charge >= 0.3 is 0 Å². The second-order valence-electron chi connectivity index (χ2n) is 4.21. The van der Waals surface area contributed by atoms with Gasteiger partial charge in [0.05, 0.1) is 0 Å². The van der Waals surface area contributed by atoms with Crippen LogP contribution in [0.2, 0.25) is 0 Å². The Bertz CT molecular complexity index is 299. The second-order valence-corrected chi connectivity index (χ2v) is 6.06. The molecule has 2 nitrogen and oxygen atoms in total. The summed E-state index contributed by atoms with van der Waals surface area (Å²) in [6.07, 6.45) is 2.28. The van der Waals surface area contributed by atoms with Crippen LogP contribution in [0, 0.1) is 5.41 Å². The number of nitrogens with two attached hydrogens (primary N) is 1. The van der Waals surface area contributed by atoms with Gasteiger partial charge in [0.15, 0.2) is 0 Å². The van der Waals surface area contributed by atoms with Crippen LogP contribution in [-0.2, 0) is 6.54 Å².